The number of thioether (sulfide) groups is 1. The van der Waals surface area contributed by atoms with Crippen molar-refractivity contribution in [2.24, 2.45) is 0 Å². The van der Waals surface area contributed by atoms with Crippen LogP contribution in [0.1, 0.15) is 59.3 Å². The summed E-state index contributed by atoms with van der Waals surface area (Å²) in [6.07, 6.45) is 7.45. The predicted octanol–water partition coefficient (Wildman–Crippen LogP) is 7.14. The zero-order valence-corrected chi connectivity index (χ0v) is 18.8. The minimum absolute atomic E-state index is 0.342. The summed E-state index contributed by atoms with van der Waals surface area (Å²) >= 11 is 1.94. The molecular formula is C25H34O3S. The van der Waals surface area contributed by atoms with Gasteiger partial charge in [-0.25, -0.2) is 4.79 Å². The second-order valence-electron chi connectivity index (χ2n) is 7.18. The van der Waals surface area contributed by atoms with Gasteiger partial charge in [0.05, 0.1) is 6.61 Å². The summed E-state index contributed by atoms with van der Waals surface area (Å²) < 4.78 is 10.6. The molecule has 158 valence electrons. The van der Waals surface area contributed by atoms with Crippen molar-refractivity contribution < 1.29 is 14.3 Å². The molecule has 0 N–H and O–H groups in total. The molecule has 0 aliphatic carbocycles. The van der Waals surface area contributed by atoms with E-state index in [0.717, 1.165) is 5.56 Å². The third kappa shape index (κ3) is 8.53. The first-order chi connectivity index (χ1) is 14.1. The molecule has 4 heteroatoms. The van der Waals surface area contributed by atoms with Crippen LogP contribution >= 0.6 is 11.8 Å². The highest BCUT2D eigenvalue weighted by atomic mass is 32.2. The monoisotopic (exact) mass is 414 g/mol. The molecule has 0 aliphatic rings. The van der Waals surface area contributed by atoms with Crippen molar-refractivity contribution in [3.63, 3.8) is 0 Å². The van der Waals surface area contributed by atoms with E-state index in [1.165, 1.54) is 54.7 Å². The normalized spacial score (nSPS) is 11.8. The number of unbranched alkanes of at least 4 members (excludes halogenated alkanes) is 5. The van der Waals surface area contributed by atoms with E-state index in [-0.39, 0.29) is 5.97 Å². The van der Waals surface area contributed by atoms with Crippen LogP contribution in [0, 0.1) is 0 Å². The average molecular weight is 415 g/mol. The number of carbonyl (C=O) groups is 1. The summed E-state index contributed by atoms with van der Waals surface area (Å²) in [7, 11) is 0. The summed E-state index contributed by atoms with van der Waals surface area (Å²) in [6, 6.07) is 16.6. The first-order valence-electron chi connectivity index (χ1n) is 10.8. The first kappa shape index (κ1) is 23.3. The van der Waals surface area contributed by atoms with Crippen LogP contribution in [0.15, 0.2) is 53.4 Å². The fraction of sp³-hybridized carbons (Fsp3) is 0.480. The number of hydrogen-bond donors (Lipinski definition) is 0. The van der Waals surface area contributed by atoms with Crippen molar-refractivity contribution >= 4 is 17.7 Å². The van der Waals surface area contributed by atoms with Gasteiger partial charge in [0.15, 0.2) is 6.10 Å². The molecule has 0 aromatic heterocycles. The van der Waals surface area contributed by atoms with E-state index in [1.54, 1.807) is 13.8 Å². The molecule has 1 atom stereocenters. The topological polar surface area (TPSA) is 35.5 Å². The molecule has 2 aromatic rings. The molecule has 2 rings (SSSR count). The van der Waals surface area contributed by atoms with E-state index < -0.39 is 6.10 Å². The van der Waals surface area contributed by atoms with Gasteiger partial charge in [-0.15, -0.1) is 11.8 Å². The van der Waals surface area contributed by atoms with Crippen molar-refractivity contribution in [2.45, 2.75) is 70.3 Å². The highest BCUT2D eigenvalue weighted by molar-refractivity contribution is 7.99. The smallest absolute Gasteiger partial charge is 0.347 e. The summed E-state index contributed by atoms with van der Waals surface area (Å²) in [6.45, 7) is 6.11. The minimum Gasteiger partial charge on any atom is -0.479 e. The lowest BCUT2D eigenvalue weighted by molar-refractivity contribution is -0.150. The number of hydrogen-bond acceptors (Lipinski definition) is 4. The highest BCUT2D eigenvalue weighted by Gasteiger charge is 2.15. The molecule has 0 spiro atoms. The second-order valence-corrected chi connectivity index (χ2v) is 8.35. The summed E-state index contributed by atoms with van der Waals surface area (Å²) in [5.41, 5.74) is 2.31. The van der Waals surface area contributed by atoms with Crippen molar-refractivity contribution in [3.05, 3.63) is 48.5 Å². The maximum absolute atomic E-state index is 11.7. The van der Waals surface area contributed by atoms with Gasteiger partial charge in [0, 0.05) is 4.90 Å². The second kappa shape index (κ2) is 13.3. The SMILES string of the molecule is CCCCCCCCSc1ccc(-c2ccc(O[C@H](C)C(=O)OCC)cc2)cc1. The predicted molar refractivity (Wildman–Crippen MR) is 123 cm³/mol. The summed E-state index contributed by atoms with van der Waals surface area (Å²) in [4.78, 5) is 13.0. The Labute approximate surface area is 180 Å². The fourth-order valence-corrected chi connectivity index (χ4v) is 3.97. The molecule has 0 unspecified atom stereocenters. The Morgan fingerprint density at radius 1 is 0.862 bits per heavy atom. The maximum atomic E-state index is 11.7. The molecule has 3 nitrogen and oxygen atoms in total. The van der Waals surface area contributed by atoms with E-state index in [0.29, 0.717) is 12.4 Å². The van der Waals surface area contributed by atoms with Crippen LogP contribution < -0.4 is 4.74 Å². The average Bonchev–Trinajstić information content (AvgIpc) is 2.74. The van der Waals surface area contributed by atoms with Crippen molar-refractivity contribution in [3.8, 4) is 16.9 Å². The van der Waals surface area contributed by atoms with Gasteiger partial charge in [0.1, 0.15) is 5.75 Å². The van der Waals surface area contributed by atoms with Gasteiger partial charge in [-0.3, -0.25) is 0 Å². The van der Waals surface area contributed by atoms with Gasteiger partial charge in [0.2, 0.25) is 0 Å². The number of ether oxygens (including phenoxy) is 2. The molecule has 0 fully saturated rings. The van der Waals surface area contributed by atoms with Gasteiger partial charge in [-0.1, -0.05) is 63.3 Å². The van der Waals surface area contributed by atoms with Gasteiger partial charge in [0.25, 0.3) is 0 Å². The number of carbonyl (C=O) groups excluding carboxylic acids is 1. The molecule has 2 aromatic carbocycles. The molecule has 0 saturated carbocycles. The van der Waals surface area contributed by atoms with Gasteiger partial charge >= 0.3 is 5.97 Å². The largest absolute Gasteiger partial charge is 0.479 e. The van der Waals surface area contributed by atoms with Crippen LogP contribution in [0.2, 0.25) is 0 Å². The lowest BCUT2D eigenvalue weighted by Crippen LogP contribution is -2.25. The van der Waals surface area contributed by atoms with Gasteiger partial charge in [-0.2, -0.15) is 0 Å². The third-order valence-corrected chi connectivity index (χ3v) is 5.84. The Kier molecular flexibility index (Phi) is 10.7. The third-order valence-electron chi connectivity index (χ3n) is 4.74. The van der Waals surface area contributed by atoms with Gasteiger partial charge in [-0.05, 0) is 61.4 Å². The Morgan fingerprint density at radius 2 is 1.45 bits per heavy atom. The van der Waals surface area contributed by atoms with E-state index in [2.05, 4.69) is 31.2 Å². The standard InChI is InChI=1S/C25H34O3S/c1-4-6-7-8-9-10-19-29-24-17-13-22(14-18-24)21-11-15-23(16-12-21)28-20(3)25(26)27-5-2/h11-18,20H,4-10,19H2,1-3H3/t20-/m1/s1. The highest BCUT2D eigenvalue weighted by Crippen LogP contribution is 2.27. The quantitative estimate of drug-likeness (QED) is 0.198. The molecule has 0 aliphatic heterocycles. The van der Waals surface area contributed by atoms with Crippen LogP contribution in [-0.2, 0) is 9.53 Å². The van der Waals surface area contributed by atoms with Crippen molar-refractivity contribution in [2.75, 3.05) is 12.4 Å². The van der Waals surface area contributed by atoms with Crippen LogP contribution in [0.4, 0.5) is 0 Å². The minimum atomic E-state index is -0.608. The molecule has 0 saturated heterocycles. The molecular weight excluding hydrogens is 380 g/mol. The van der Waals surface area contributed by atoms with Crippen LogP contribution in [0.3, 0.4) is 0 Å². The van der Waals surface area contributed by atoms with Crippen LogP contribution in [-0.4, -0.2) is 24.4 Å². The van der Waals surface area contributed by atoms with Crippen LogP contribution in [0.5, 0.6) is 5.75 Å². The Balaban J connectivity index is 1.79. The number of rotatable bonds is 13. The van der Waals surface area contributed by atoms with Crippen LogP contribution in [0.25, 0.3) is 11.1 Å². The Morgan fingerprint density at radius 3 is 2.07 bits per heavy atom. The van der Waals surface area contributed by atoms with Crippen molar-refractivity contribution in [1.29, 1.82) is 0 Å². The summed E-state index contributed by atoms with van der Waals surface area (Å²) in [5.74, 6) is 1.52. The van der Waals surface area contributed by atoms with Gasteiger partial charge < -0.3 is 9.47 Å². The number of benzene rings is 2. The first-order valence-corrected chi connectivity index (χ1v) is 11.8. The lowest BCUT2D eigenvalue weighted by atomic mass is 10.1. The van der Waals surface area contributed by atoms with E-state index in [1.807, 2.05) is 36.0 Å². The zero-order chi connectivity index (χ0) is 20.9. The van der Waals surface area contributed by atoms with E-state index >= 15 is 0 Å². The molecule has 0 amide bonds. The van der Waals surface area contributed by atoms with E-state index in [9.17, 15) is 4.79 Å². The fourth-order valence-electron chi connectivity index (χ4n) is 3.05. The van der Waals surface area contributed by atoms with E-state index in [4.69, 9.17) is 9.47 Å². The molecule has 29 heavy (non-hydrogen) atoms. The number of esters is 1. The Bertz CT molecular complexity index is 710. The molecule has 0 radical (unpaired) electrons. The maximum Gasteiger partial charge on any atom is 0.347 e. The van der Waals surface area contributed by atoms with Crippen molar-refractivity contribution in [1.82, 2.24) is 0 Å². The zero-order valence-electron chi connectivity index (χ0n) is 18.0. The molecule has 0 heterocycles. The Hall–Kier alpha value is -1.94. The molecule has 0 bridgehead atoms. The lowest BCUT2D eigenvalue weighted by Gasteiger charge is -2.13. The summed E-state index contributed by atoms with van der Waals surface area (Å²) in [5, 5.41) is 0.